The smallest absolute Gasteiger partial charge is 0.210 e. The van der Waals surface area contributed by atoms with Crippen molar-refractivity contribution < 1.29 is 4.92 Å². The highest BCUT2D eigenvalue weighted by atomic mass is 16.6. The quantitative estimate of drug-likeness (QED) is 0.545. The Morgan fingerprint density at radius 2 is 1.93 bits per heavy atom. The lowest BCUT2D eigenvalue weighted by molar-refractivity contribution is -0.482. The van der Waals surface area contributed by atoms with Crippen LogP contribution in [0, 0.1) is 10.1 Å². The Kier molecular flexibility index (Phi) is 3.63. The summed E-state index contributed by atoms with van der Waals surface area (Å²) < 4.78 is 0. The fraction of sp³-hybridized carbons (Fsp3) is 0.455. The average molecular weight is 193 g/mol. The number of benzene rings is 1. The molecule has 0 unspecified atom stereocenters. The molecule has 0 saturated heterocycles. The lowest BCUT2D eigenvalue weighted by Crippen LogP contribution is -2.09. The van der Waals surface area contributed by atoms with Crippen LogP contribution in [0.2, 0.25) is 0 Å². The van der Waals surface area contributed by atoms with Crippen LogP contribution in [-0.4, -0.2) is 11.5 Å². The Labute approximate surface area is 83.9 Å². The van der Waals surface area contributed by atoms with Gasteiger partial charge in [0.25, 0.3) is 0 Å². The summed E-state index contributed by atoms with van der Waals surface area (Å²) in [5.74, 6) is -0.00379. The summed E-state index contributed by atoms with van der Waals surface area (Å²) in [5.41, 5.74) is 2.31. The van der Waals surface area contributed by atoms with Gasteiger partial charge in [-0.1, -0.05) is 38.1 Å². The van der Waals surface area contributed by atoms with Crippen LogP contribution in [0.5, 0.6) is 0 Å². The van der Waals surface area contributed by atoms with E-state index in [0.29, 0.717) is 0 Å². The Morgan fingerprint density at radius 1 is 1.36 bits per heavy atom. The predicted molar refractivity (Wildman–Crippen MR) is 56.1 cm³/mol. The van der Waals surface area contributed by atoms with Crippen LogP contribution in [0.15, 0.2) is 24.3 Å². The van der Waals surface area contributed by atoms with E-state index in [-0.39, 0.29) is 17.4 Å². The van der Waals surface area contributed by atoms with Gasteiger partial charge in [0.1, 0.15) is 0 Å². The van der Waals surface area contributed by atoms with Crippen molar-refractivity contribution in [3.63, 3.8) is 0 Å². The highest BCUT2D eigenvalue weighted by Crippen LogP contribution is 2.16. The number of hydrogen-bond donors (Lipinski definition) is 0. The van der Waals surface area contributed by atoms with E-state index in [1.54, 1.807) is 0 Å². The van der Waals surface area contributed by atoms with Crippen molar-refractivity contribution in [2.75, 3.05) is 6.54 Å². The molecule has 14 heavy (non-hydrogen) atoms. The van der Waals surface area contributed by atoms with Crippen molar-refractivity contribution in [1.29, 1.82) is 0 Å². The molecular formula is C11H15NO2. The Hall–Kier alpha value is -1.38. The minimum atomic E-state index is -0.265. The molecule has 1 aromatic carbocycles. The molecular weight excluding hydrogens is 178 g/mol. The first kappa shape index (κ1) is 10.7. The zero-order valence-corrected chi connectivity index (χ0v) is 8.56. The Balaban J connectivity index is 2.71. The van der Waals surface area contributed by atoms with Crippen LogP contribution >= 0.6 is 0 Å². The molecule has 0 aliphatic rings. The van der Waals surface area contributed by atoms with Crippen molar-refractivity contribution >= 4 is 0 Å². The largest absolute Gasteiger partial charge is 0.265 e. The summed E-state index contributed by atoms with van der Waals surface area (Å²) in [7, 11) is 0. The molecule has 0 bridgehead atoms. The van der Waals surface area contributed by atoms with Gasteiger partial charge in [-0.15, -0.1) is 0 Å². The van der Waals surface area contributed by atoms with Crippen LogP contribution in [0.3, 0.4) is 0 Å². The van der Waals surface area contributed by atoms with Gasteiger partial charge in [-0.25, -0.2) is 0 Å². The third-order valence-corrected chi connectivity index (χ3v) is 2.38. The van der Waals surface area contributed by atoms with Crippen LogP contribution in [0.4, 0.5) is 0 Å². The second-order valence-electron chi connectivity index (χ2n) is 3.51. The summed E-state index contributed by atoms with van der Waals surface area (Å²) in [5, 5.41) is 10.3. The highest BCUT2D eigenvalue weighted by molar-refractivity contribution is 5.24. The standard InChI is InChI=1S/C11H15NO2/c1-3-10-4-6-11(7-5-10)9(2)8-12(13)14/h4-7,9H,3,8H2,1-2H3/t9-/m1/s1. The monoisotopic (exact) mass is 193 g/mol. The van der Waals surface area contributed by atoms with Crippen molar-refractivity contribution in [1.82, 2.24) is 0 Å². The molecule has 0 aliphatic heterocycles. The highest BCUT2D eigenvalue weighted by Gasteiger charge is 2.11. The number of nitrogens with zero attached hydrogens (tertiary/aromatic N) is 1. The van der Waals surface area contributed by atoms with Gasteiger partial charge < -0.3 is 0 Å². The zero-order chi connectivity index (χ0) is 10.6. The molecule has 0 aromatic heterocycles. The molecule has 1 aromatic rings. The normalized spacial score (nSPS) is 12.4. The maximum Gasteiger partial charge on any atom is 0.210 e. The summed E-state index contributed by atoms with van der Waals surface area (Å²) in [6, 6.07) is 8.03. The lowest BCUT2D eigenvalue weighted by Gasteiger charge is -2.07. The summed E-state index contributed by atoms with van der Waals surface area (Å²) in [4.78, 5) is 10.0. The molecule has 0 saturated carbocycles. The lowest BCUT2D eigenvalue weighted by atomic mass is 9.99. The van der Waals surface area contributed by atoms with Gasteiger partial charge in [-0.2, -0.15) is 0 Å². The van der Waals surface area contributed by atoms with Crippen molar-refractivity contribution in [3.8, 4) is 0 Å². The molecule has 3 nitrogen and oxygen atoms in total. The molecule has 1 rings (SSSR count). The second-order valence-corrected chi connectivity index (χ2v) is 3.51. The topological polar surface area (TPSA) is 43.1 Å². The third kappa shape index (κ3) is 2.83. The molecule has 0 N–H and O–H groups in total. The summed E-state index contributed by atoms with van der Waals surface area (Å²) >= 11 is 0. The number of nitro groups is 1. The van der Waals surface area contributed by atoms with E-state index in [9.17, 15) is 10.1 Å². The third-order valence-electron chi connectivity index (χ3n) is 2.38. The van der Waals surface area contributed by atoms with Gasteiger partial charge in [-0.05, 0) is 17.5 Å². The van der Waals surface area contributed by atoms with E-state index in [1.165, 1.54) is 5.56 Å². The van der Waals surface area contributed by atoms with Crippen LogP contribution < -0.4 is 0 Å². The fourth-order valence-corrected chi connectivity index (χ4v) is 1.41. The van der Waals surface area contributed by atoms with Gasteiger partial charge >= 0.3 is 0 Å². The number of hydrogen-bond acceptors (Lipinski definition) is 2. The second kappa shape index (κ2) is 4.74. The maximum atomic E-state index is 10.3. The van der Waals surface area contributed by atoms with Crippen LogP contribution in [0.1, 0.15) is 30.9 Å². The summed E-state index contributed by atoms with van der Waals surface area (Å²) in [6.07, 6.45) is 1.00. The molecule has 0 fully saturated rings. The number of rotatable bonds is 4. The molecule has 0 radical (unpaired) electrons. The van der Waals surface area contributed by atoms with Gasteiger partial charge in [-0.3, -0.25) is 10.1 Å². The van der Waals surface area contributed by atoms with E-state index in [0.717, 1.165) is 12.0 Å². The molecule has 0 amide bonds. The van der Waals surface area contributed by atoms with Gasteiger partial charge in [0.05, 0.1) is 0 Å². The van der Waals surface area contributed by atoms with E-state index in [2.05, 4.69) is 6.92 Å². The van der Waals surface area contributed by atoms with E-state index >= 15 is 0 Å². The van der Waals surface area contributed by atoms with Gasteiger partial charge in [0.15, 0.2) is 0 Å². The minimum Gasteiger partial charge on any atom is -0.265 e. The maximum absolute atomic E-state index is 10.3. The molecule has 0 heterocycles. The summed E-state index contributed by atoms with van der Waals surface area (Å²) in [6.45, 7) is 3.98. The molecule has 0 spiro atoms. The van der Waals surface area contributed by atoms with E-state index < -0.39 is 0 Å². The average Bonchev–Trinajstić information content (AvgIpc) is 2.17. The molecule has 0 aliphatic carbocycles. The first-order valence-electron chi connectivity index (χ1n) is 4.84. The van der Waals surface area contributed by atoms with Crippen LogP contribution in [-0.2, 0) is 6.42 Å². The molecule has 76 valence electrons. The van der Waals surface area contributed by atoms with E-state index in [4.69, 9.17) is 0 Å². The number of aryl methyl sites for hydroxylation is 1. The van der Waals surface area contributed by atoms with Crippen LogP contribution in [0.25, 0.3) is 0 Å². The first-order valence-corrected chi connectivity index (χ1v) is 4.84. The van der Waals surface area contributed by atoms with E-state index in [1.807, 2.05) is 31.2 Å². The minimum absolute atomic E-state index is 0.00379. The molecule has 3 heteroatoms. The Bertz CT molecular complexity index is 306. The first-order chi connectivity index (χ1) is 6.63. The molecule has 1 atom stereocenters. The van der Waals surface area contributed by atoms with Crippen molar-refractivity contribution in [2.24, 2.45) is 0 Å². The SMILES string of the molecule is CCc1ccc([C@H](C)C[N+](=O)[O-])cc1. The van der Waals surface area contributed by atoms with Crippen molar-refractivity contribution in [2.45, 2.75) is 26.2 Å². The van der Waals surface area contributed by atoms with Crippen molar-refractivity contribution in [3.05, 3.63) is 45.5 Å². The predicted octanol–water partition coefficient (Wildman–Crippen LogP) is 2.63. The fourth-order valence-electron chi connectivity index (χ4n) is 1.41. The zero-order valence-electron chi connectivity index (χ0n) is 8.56. The van der Waals surface area contributed by atoms with Gasteiger partial charge in [0.2, 0.25) is 6.54 Å². The Morgan fingerprint density at radius 3 is 2.36 bits per heavy atom. The van der Waals surface area contributed by atoms with Gasteiger partial charge in [0, 0.05) is 10.8 Å².